The first-order valence-corrected chi connectivity index (χ1v) is 11.8. The maximum absolute atomic E-state index is 12.2. The molecule has 0 spiro atoms. The SMILES string of the molecule is C=C(O)/C(=C\C=C/C)C/C=C(\C(=N)N)c1cnn(CCC2CCN(C(=O)OC(C)(C)C)CC2)c1. The molecule has 0 radical (unpaired) electrons. The molecule has 1 aliphatic heterocycles. The predicted molar refractivity (Wildman–Crippen MR) is 137 cm³/mol. The number of carbonyl (C=O) groups is 1. The highest BCUT2D eigenvalue weighted by Crippen LogP contribution is 2.24. The molecule has 0 aromatic carbocycles. The Morgan fingerprint density at radius 1 is 1.38 bits per heavy atom. The average Bonchev–Trinajstić information content (AvgIpc) is 3.21. The van der Waals surface area contributed by atoms with Gasteiger partial charge in [0.2, 0.25) is 0 Å². The number of hydrogen-bond donors (Lipinski definition) is 3. The second-order valence-corrected chi connectivity index (χ2v) is 9.59. The third-order valence-corrected chi connectivity index (χ3v) is 5.65. The molecule has 186 valence electrons. The predicted octanol–water partition coefficient (Wildman–Crippen LogP) is 5.20. The number of ether oxygens (including phenoxy) is 1. The standard InChI is InChI=1S/C26H39N5O3/c1-6-7-8-21(19(2)32)9-10-23(24(27)28)22-17-29-31(18-22)16-13-20-11-14-30(15-12-20)25(33)34-26(3,4)5/h6-8,10,17-18,20,32H,2,9,11-16H2,1,3-5H3,(H3,27,28)/b7-6-,21-8-,23-10-. The fourth-order valence-electron chi connectivity index (χ4n) is 3.76. The molecule has 0 aliphatic carbocycles. The number of aromatic nitrogens is 2. The lowest BCUT2D eigenvalue weighted by atomic mass is 9.94. The zero-order chi connectivity index (χ0) is 25.3. The highest BCUT2D eigenvalue weighted by molar-refractivity contribution is 6.20. The smallest absolute Gasteiger partial charge is 0.410 e. The molecule has 34 heavy (non-hydrogen) atoms. The Bertz CT molecular complexity index is 957. The van der Waals surface area contributed by atoms with Crippen LogP contribution in [-0.2, 0) is 11.3 Å². The summed E-state index contributed by atoms with van der Waals surface area (Å²) >= 11 is 0. The first-order valence-electron chi connectivity index (χ1n) is 11.8. The zero-order valence-electron chi connectivity index (χ0n) is 20.9. The van der Waals surface area contributed by atoms with Crippen molar-refractivity contribution in [3.8, 4) is 0 Å². The molecule has 0 unspecified atom stereocenters. The first kappa shape index (κ1) is 27.0. The normalized spacial score (nSPS) is 16.2. The lowest BCUT2D eigenvalue weighted by Crippen LogP contribution is -2.41. The Kier molecular flexibility index (Phi) is 9.71. The fraction of sp³-hybridized carbons (Fsp3) is 0.500. The fourth-order valence-corrected chi connectivity index (χ4v) is 3.76. The van der Waals surface area contributed by atoms with E-state index in [-0.39, 0.29) is 17.7 Å². The Morgan fingerprint density at radius 3 is 2.62 bits per heavy atom. The molecule has 1 saturated heterocycles. The molecule has 1 aromatic heterocycles. The molecule has 4 N–H and O–H groups in total. The summed E-state index contributed by atoms with van der Waals surface area (Å²) in [6, 6.07) is 0. The van der Waals surface area contributed by atoms with Crippen LogP contribution in [0.5, 0.6) is 0 Å². The quantitative estimate of drug-likeness (QED) is 0.199. The number of amidine groups is 1. The molecule has 8 heteroatoms. The Morgan fingerprint density at radius 2 is 2.06 bits per heavy atom. The monoisotopic (exact) mass is 469 g/mol. The molecule has 8 nitrogen and oxygen atoms in total. The van der Waals surface area contributed by atoms with Crippen LogP contribution in [0.2, 0.25) is 0 Å². The minimum Gasteiger partial charge on any atom is -0.508 e. The number of rotatable bonds is 9. The Labute approximate surface area is 203 Å². The van der Waals surface area contributed by atoms with Crippen LogP contribution in [0.4, 0.5) is 4.79 Å². The first-order chi connectivity index (χ1) is 16.0. The number of aliphatic hydroxyl groups is 1. The van der Waals surface area contributed by atoms with Crippen LogP contribution in [0.15, 0.2) is 54.6 Å². The molecular formula is C26H39N5O3. The van der Waals surface area contributed by atoms with Gasteiger partial charge in [0.1, 0.15) is 17.2 Å². The van der Waals surface area contributed by atoms with Crippen molar-refractivity contribution in [1.82, 2.24) is 14.7 Å². The van der Waals surface area contributed by atoms with Gasteiger partial charge in [-0.15, -0.1) is 0 Å². The minimum atomic E-state index is -0.477. The molecule has 1 fully saturated rings. The molecule has 0 saturated carbocycles. The van der Waals surface area contributed by atoms with Crippen molar-refractivity contribution in [2.45, 2.75) is 65.5 Å². The van der Waals surface area contributed by atoms with Gasteiger partial charge in [-0.25, -0.2) is 4.79 Å². The minimum absolute atomic E-state index is 0.00864. The largest absolute Gasteiger partial charge is 0.508 e. The molecule has 1 amide bonds. The second kappa shape index (κ2) is 12.3. The zero-order valence-corrected chi connectivity index (χ0v) is 20.9. The summed E-state index contributed by atoms with van der Waals surface area (Å²) in [5.74, 6) is 0.456. The number of piperidine rings is 1. The van der Waals surface area contributed by atoms with E-state index in [1.165, 1.54) is 0 Å². The van der Waals surface area contributed by atoms with Gasteiger partial charge in [0, 0.05) is 37.0 Å². The van der Waals surface area contributed by atoms with E-state index in [1.807, 2.05) is 56.8 Å². The van der Waals surface area contributed by atoms with Crippen LogP contribution in [0.25, 0.3) is 5.57 Å². The van der Waals surface area contributed by atoms with Gasteiger partial charge in [-0.2, -0.15) is 5.10 Å². The molecule has 2 heterocycles. The highest BCUT2D eigenvalue weighted by atomic mass is 16.6. The van der Waals surface area contributed by atoms with E-state index in [0.717, 1.165) is 31.4 Å². The number of nitrogens with one attached hydrogen (secondary N) is 1. The molecule has 1 aliphatic rings. The third-order valence-electron chi connectivity index (χ3n) is 5.65. The summed E-state index contributed by atoms with van der Waals surface area (Å²) in [5, 5.41) is 22.2. The van der Waals surface area contributed by atoms with Gasteiger partial charge in [0.15, 0.2) is 0 Å². The number of nitrogens with zero attached hydrogens (tertiary/aromatic N) is 3. The van der Waals surface area contributed by atoms with Gasteiger partial charge in [-0.3, -0.25) is 10.1 Å². The summed E-state index contributed by atoms with van der Waals surface area (Å²) < 4.78 is 7.34. The van der Waals surface area contributed by atoms with E-state index < -0.39 is 5.60 Å². The summed E-state index contributed by atoms with van der Waals surface area (Å²) in [5.41, 5.74) is 7.34. The third kappa shape index (κ3) is 8.57. The van der Waals surface area contributed by atoms with Gasteiger partial charge < -0.3 is 20.5 Å². The number of nitrogens with two attached hydrogens (primary N) is 1. The number of amides is 1. The van der Waals surface area contributed by atoms with Gasteiger partial charge >= 0.3 is 6.09 Å². The van der Waals surface area contributed by atoms with Gasteiger partial charge in [-0.1, -0.05) is 30.9 Å². The molecule has 0 bridgehead atoms. The average molecular weight is 470 g/mol. The van der Waals surface area contributed by atoms with Crippen LogP contribution < -0.4 is 5.73 Å². The summed E-state index contributed by atoms with van der Waals surface area (Å²) in [6.45, 7) is 13.3. The van der Waals surface area contributed by atoms with Crippen LogP contribution in [0.1, 0.15) is 58.9 Å². The van der Waals surface area contributed by atoms with E-state index in [9.17, 15) is 9.90 Å². The maximum Gasteiger partial charge on any atom is 0.410 e. The van der Waals surface area contributed by atoms with E-state index in [1.54, 1.807) is 17.2 Å². The molecule has 0 atom stereocenters. The van der Waals surface area contributed by atoms with Gasteiger partial charge in [0.25, 0.3) is 0 Å². The van der Waals surface area contributed by atoms with Gasteiger partial charge in [0.05, 0.1) is 6.20 Å². The van der Waals surface area contributed by atoms with Crippen LogP contribution >= 0.6 is 0 Å². The number of hydrogen-bond acceptors (Lipinski definition) is 5. The van der Waals surface area contributed by atoms with Crippen molar-refractivity contribution in [3.05, 3.63) is 60.2 Å². The summed E-state index contributed by atoms with van der Waals surface area (Å²) in [7, 11) is 0. The maximum atomic E-state index is 12.2. The van der Waals surface area contributed by atoms with Crippen molar-refractivity contribution in [2.75, 3.05) is 13.1 Å². The van der Waals surface area contributed by atoms with Crippen molar-refractivity contribution < 1.29 is 14.6 Å². The number of aryl methyl sites for hydroxylation is 1. The van der Waals surface area contributed by atoms with Crippen molar-refractivity contribution in [2.24, 2.45) is 11.7 Å². The molecular weight excluding hydrogens is 430 g/mol. The number of likely N-dealkylation sites (tertiary alicyclic amines) is 1. The molecule has 1 aromatic rings. The van der Waals surface area contributed by atoms with E-state index in [4.69, 9.17) is 15.9 Å². The highest BCUT2D eigenvalue weighted by Gasteiger charge is 2.26. The van der Waals surface area contributed by atoms with Crippen LogP contribution in [0, 0.1) is 11.3 Å². The van der Waals surface area contributed by atoms with E-state index in [0.29, 0.717) is 36.6 Å². The van der Waals surface area contributed by atoms with E-state index in [2.05, 4.69) is 11.7 Å². The number of allylic oxidation sites excluding steroid dienone is 5. The van der Waals surface area contributed by atoms with Crippen molar-refractivity contribution in [1.29, 1.82) is 5.41 Å². The van der Waals surface area contributed by atoms with Crippen molar-refractivity contribution >= 4 is 17.5 Å². The lowest BCUT2D eigenvalue weighted by molar-refractivity contribution is 0.0179. The lowest BCUT2D eigenvalue weighted by Gasteiger charge is -2.33. The molecule has 2 rings (SSSR count). The Balaban J connectivity index is 1.93. The van der Waals surface area contributed by atoms with Gasteiger partial charge in [-0.05, 0) is 64.9 Å². The number of carbonyl (C=O) groups excluding carboxylic acids is 1. The summed E-state index contributed by atoms with van der Waals surface area (Å²) in [6.07, 6.45) is 13.9. The van der Waals surface area contributed by atoms with Crippen molar-refractivity contribution in [3.63, 3.8) is 0 Å². The number of aliphatic hydroxyl groups excluding tert-OH is 1. The van der Waals surface area contributed by atoms with E-state index >= 15 is 0 Å². The summed E-state index contributed by atoms with van der Waals surface area (Å²) in [4.78, 5) is 14.0. The van der Waals surface area contributed by atoms with Crippen LogP contribution in [0.3, 0.4) is 0 Å². The second-order valence-electron chi connectivity index (χ2n) is 9.59. The van der Waals surface area contributed by atoms with Crippen LogP contribution in [-0.4, -0.2) is 50.4 Å². The topological polar surface area (TPSA) is 117 Å². The Hall–Kier alpha value is -3.29.